The van der Waals surface area contributed by atoms with Crippen LogP contribution in [0.4, 0.5) is 0 Å². The van der Waals surface area contributed by atoms with Gasteiger partial charge < -0.3 is 9.30 Å². The molecule has 0 saturated heterocycles. The number of benzene rings is 1. The molecule has 0 unspecified atom stereocenters. The first-order valence-electron chi connectivity index (χ1n) is 8.87. The summed E-state index contributed by atoms with van der Waals surface area (Å²) in [5, 5.41) is 2.14. The summed E-state index contributed by atoms with van der Waals surface area (Å²) >= 11 is 5.47. The highest BCUT2D eigenvalue weighted by Crippen LogP contribution is 2.26. The number of ether oxygens (including phenoxy) is 1. The van der Waals surface area contributed by atoms with Crippen LogP contribution in [0, 0.1) is 0 Å². The van der Waals surface area contributed by atoms with Crippen molar-refractivity contribution in [1.29, 1.82) is 0 Å². The van der Waals surface area contributed by atoms with Gasteiger partial charge in [0.25, 0.3) is 0 Å². The summed E-state index contributed by atoms with van der Waals surface area (Å²) in [6.07, 6.45) is 6.81. The van der Waals surface area contributed by atoms with Crippen molar-refractivity contribution in [3.8, 4) is 5.75 Å². The Morgan fingerprint density at radius 1 is 1.23 bits per heavy atom. The maximum absolute atomic E-state index is 5.81. The van der Waals surface area contributed by atoms with E-state index in [-0.39, 0.29) is 0 Å². The van der Waals surface area contributed by atoms with Crippen LogP contribution in [0.5, 0.6) is 5.75 Å². The van der Waals surface area contributed by atoms with E-state index in [1.54, 1.807) is 11.3 Å². The summed E-state index contributed by atoms with van der Waals surface area (Å²) < 4.78 is 9.14. The van der Waals surface area contributed by atoms with Gasteiger partial charge in [-0.15, -0.1) is 11.3 Å². The molecule has 0 fully saturated rings. The van der Waals surface area contributed by atoms with Gasteiger partial charge in [-0.1, -0.05) is 18.2 Å². The second kappa shape index (κ2) is 9.90. The second-order valence-electron chi connectivity index (χ2n) is 6.10. The van der Waals surface area contributed by atoms with E-state index in [0.717, 1.165) is 38.3 Å². The number of aryl methyl sites for hydroxylation is 1. The molecule has 0 saturated carbocycles. The van der Waals surface area contributed by atoms with Crippen molar-refractivity contribution < 1.29 is 4.74 Å². The maximum Gasteiger partial charge on any atom is 0.123 e. The largest absolute Gasteiger partial charge is 0.494 e. The summed E-state index contributed by atoms with van der Waals surface area (Å²) in [7, 11) is 0. The number of imidazole rings is 1. The summed E-state index contributed by atoms with van der Waals surface area (Å²) in [5.74, 6) is 0.986. The van der Waals surface area contributed by atoms with Crippen molar-refractivity contribution in [2.75, 3.05) is 13.2 Å². The molecular formula is C20H24BrN3OS. The molecule has 4 nitrogen and oxygen atoms in total. The van der Waals surface area contributed by atoms with E-state index < -0.39 is 0 Å². The van der Waals surface area contributed by atoms with E-state index in [9.17, 15) is 0 Å². The minimum Gasteiger partial charge on any atom is -0.494 e. The van der Waals surface area contributed by atoms with Crippen molar-refractivity contribution in [1.82, 2.24) is 14.5 Å². The highest BCUT2D eigenvalue weighted by molar-refractivity contribution is 9.10. The van der Waals surface area contributed by atoms with Crippen LogP contribution in [0.25, 0.3) is 0 Å². The summed E-state index contributed by atoms with van der Waals surface area (Å²) in [6.45, 7) is 6.53. The van der Waals surface area contributed by atoms with Crippen molar-refractivity contribution in [3.05, 3.63) is 69.3 Å². The SMILES string of the molecule is CCOc1ccccc1CN(CCCn1ccnc1)Cc1sccc1Br. The molecule has 0 bridgehead atoms. The fourth-order valence-corrected chi connectivity index (χ4v) is 4.44. The van der Waals surface area contributed by atoms with E-state index in [2.05, 4.69) is 60.0 Å². The Hall–Kier alpha value is -1.63. The molecule has 0 aliphatic rings. The molecule has 3 aromatic rings. The average molecular weight is 434 g/mol. The molecule has 0 atom stereocenters. The van der Waals surface area contributed by atoms with E-state index in [1.165, 1.54) is 14.9 Å². The molecule has 0 N–H and O–H groups in total. The standard InChI is InChI=1S/C20H24BrN3OS/c1-2-25-19-7-4-3-6-17(19)14-24(15-20-18(21)8-13-26-20)11-5-10-23-12-9-22-16-23/h3-4,6-9,12-13,16H,2,5,10-11,14-15H2,1H3. The zero-order chi connectivity index (χ0) is 18.2. The van der Waals surface area contributed by atoms with Gasteiger partial charge in [0, 0.05) is 53.5 Å². The van der Waals surface area contributed by atoms with Gasteiger partial charge in [0.05, 0.1) is 12.9 Å². The first kappa shape index (κ1) is 19.1. The number of nitrogens with zero attached hydrogens (tertiary/aromatic N) is 3. The van der Waals surface area contributed by atoms with Crippen LogP contribution in [-0.4, -0.2) is 27.6 Å². The molecule has 2 aromatic heterocycles. The minimum atomic E-state index is 0.689. The van der Waals surface area contributed by atoms with Crippen LogP contribution in [0.15, 0.2) is 58.9 Å². The number of hydrogen-bond donors (Lipinski definition) is 0. The quantitative estimate of drug-likeness (QED) is 0.440. The van der Waals surface area contributed by atoms with Crippen molar-refractivity contribution in [2.24, 2.45) is 0 Å². The lowest BCUT2D eigenvalue weighted by Crippen LogP contribution is -2.25. The molecule has 0 aliphatic heterocycles. The molecule has 0 radical (unpaired) electrons. The number of aromatic nitrogens is 2. The Balaban J connectivity index is 1.68. The fraction of sp³-hybridized carbons (Fsp3) is 0.350. The number of halogens is 1. The Labute approximate surface area is 167 Å². The van der Waals surface area contributed by atoms with E-state index in [1.807, 2.05) is 31.7 Å². The molecule has 3 rings (SSSR count). The van der Waals surface area contributed by atoms with Crippen molar-refractivity contribution in [2.45, 2.75) is 33.0 Å². The number of para-hydroxylation sites is 1. The first-order chi connectivity index (χ1) is 12.8. The average Bonchev–Trinajstić information content (AvgIpc) is 3.29. The Morgan fingerprint density at radius 3 is 2.85 bits per heavy atom. The third-order valence-corrected chi connectivity index (χ3v) is 6.09. The Kier molecular flexibility index (Phi) is 7.29. The topological polar surface area (TPSA) is 30.3 Å². The van der Waals surface area contributed by atoms with Gasteiger partial charge in [0.2, 0.25) is 0 Å². The smallest absolute Gasteiger partial charge is 0.123 e. The normalized spacial score (nSPS) is 11.2. The summed E-state index contributed by atoms with van der Waals surface area (Å²) in [6, 6.07) is 10.5. The van der Waals surface area contributed by atoms with Gasteiger partial charge in [-0.2, -0.15) is 0 Å². The highest BCUT2D eigenvalue weighted by atomic mass is 79.9. The third kappa shape index (κ3) is 5.43. The molecule has 0 spiro atoms. The fourth-order valence-electron chi connectivity index (χ4n) is 2.92. The van der Waals surface area contributed by atoms with Crippen LogP contribution < -0.4 is 4.74 Å². The van der Waals surface area contributed by atoms with Crippen molar-refractivity contribution >= 4 is 27.3 Å². The molecule has 26 heavy (non-hydrogen) atoms. The summed E-state index contributed by atoms with van der Waals surface area (Å²) in [5.41, 5.74) is 1.24. The molecule has 138 valence electrons. The molecule has 0 aliphatic carbocycles. The molecule has 6 heteroatoms. The van der Waals surface area contributed by atoms with Gasteiger partial charge in [-0.25, -0.2) is 4.98 Å². The first-order valence-corrected chi connectivity index (χ1v) is 10.5. The van der Waals surface area contributed by atoms with E-state index in [0.29, 0.717) is 6.61 Å². The van der Waals surface area contributed by atoms with Gasteiger partial charge in [0.1, 0.15) is 5.75 Å². The number of hydrogen-bond acceptors (Lipinski definition) is 4. The van der Waals surface area contributed by atoms with Gasteiger partial charge in [-0.3, -0.25) is 4.90 Å². The van der Waals surface area contributed by atoms with E-state index >= 15 is 0 Å². The molecule has 0 amide bonds. The lowest BCUT2D eigenvalue weighted by molar-refractivity contribution is 0.243. The number of rotatable bonds is 10. The minimum absolute atomic E-state index is 0.689. The zero-order valence-corrected chi connectivity index (χ0v) is 17.4. The lowest BCUT2D eigenvalue weighted by Gasteiger charge is -2.23. The Morgan fingerprint density at radius 2 is 2.12 bits per heavy atom. The van der Waals surface area contributed by atoms with Gasteiger partial charge >= 0.3 is 0 Å². The van der Waals surface area contributed by atoms with Crippen LogP contribution >= 0.6 is 27.3 Å². The van der Waals surface area contributed by atoms with Crippen LogP contribution in [0.2, 0.25) is 0 Å². The molecule has 2 heterocycles. The Bertz CT molecular complexity index is 788. The maximum atomic E-state index is 5.81. The monoisotopic (exact) mass is 433 g/mol. The highest BCUT2D eigenvalue weighted by Gasteiger charge is 2.13. The molecular weight excluding hydrogens is 410 g/mol. The zero-order valence-electron chi connectivity index (χ0n) is 15.0. The van der Waals surface area contributed by atoms with E-state index in [4.69, 9.17) is 4.74 Å². The predicted octanol–water partition coefficient (Wildman–Crippen LogP) is 5.20. The summed E-state index contributed by atoms with van der Waals surface area (Å²) in [4.78, 5) is 7.97. The van der Waals surface area contributed by atoms with Crippen molar-refractivity contribution in [3.63, 3.8) is 0 Å². The predicted molar refractivity (Wildman–Crippen MR) is 111 cm³/mol. The van der Waals surface area contributed by atoms with Crippen LogP contribution in [0.3, 0.4) is 0 Å². The van der Waals surface area contributed by atoms with Gasteiger partial charge in [-0.05, 0) is 46.8 Å². The van der Waals surface area contributed by atoms with Crippen LogP contribution in [-0.2, 0) is 19.6 Å². The third-order valence-electron chi connectivity index (χ3n) is 4.17. The number of thiophene rings is 1. The lowest BCUT2D eigenvalue weighted by atomic mass is 10.1. The second-order valence-corrected chi connectivity index (χ2v) is 7.95. The van der Waals surface area contributed by atoms with Crippen LogP contribution in [0.1, 0.15) is 23.8 Å². The van der Waals surface area contributed by atoms with Gasteiger partial charge in [0.15, 0.2) is 0 Å². The molecule has 1 aromatic carbocycles.